The molecule has 0 radical (unpaired) electrons. The summed E-state index contributed by atoms with van der Waals surface area (Å²) in [5, 5.41) is 15.4. The molecule has 0 aliphatic carbocycles. The van der Waals surface area contributed by atoms with E-state index in [9.17, 15) is 10.1 Å². The van der Waals surface area contributed by atoms with Crippen molar-refractivity contribution in [1.29, 1.82) is 5.26 Å². The second-order valence-electron chi connectivity index (χ2n) is 7.19. The second kappa shape index (κ2) is 11.0. The lowest BCUT2D eigenvalue weighted by Crippen LogP contribution is -2.36. The van der Waals surface area contributed by atoms with Gasteiger partial charge >= 0.3 is 0 Å². The van der Waals surface area contributed by atoms with Gasteiger partial charge in [0.15, 0.2) is 0 Å². The molecule has 1 saturated heterocycles. The van der Waals surface area contributed by atoms with Crippen LogP contribution in [-0.4, -0.2) is 32.2 Å². The molecule has 2 aromatic rings. The van der Waals surface area contributed by atoms with E-state index in [1.54, 1.807) is 0 Å². The van der Waals surface area contributed by atoms with Crippen LogP contribution < -0.4 is 15.5 Å². The zero-order valence-corrected chi connectivity index (χ0v) is 17.4. The van der Waals surface area contributed by atoms with E-state index >= 15 is 0 Å². The number of amides is 1. The second-order valence-corrected chi connectivity index (χ2v) is 7.19. The van der Waals surface area contributed by atoms with Crippen molar-refractivity contribution in [2.45, 2.75) is 26.2 Å². The van der Waals surface area contributed by atoms with E-state index < -0.39 is 5.91 Å². The highest BCUT2D eigenvalue weighted by atomic mass is 16.5. The van der Waals surface area contributed by atoms with Gasteiger partial charge in [-0.1, -0.05) is 37.6 Å². The van der Waals surface area contributed by atoms with E-state index in [1.165, 1.54) is 11.8 Å². The van der Waals surface area contributed by atoms with Gasteiger partial charge in [0, 0.05) is 25.0 Å². The van der Waals surface area contributed by atoms with Gasteiger partial charge < -0.3 is 20.3 Å². The van der Waals surface area contributed by atoms with Crippen molar-refractivity contribution in [2.24, 2.45) is 0 Å². The molecule has 0 bridgehead atoms. The Morgan fingerprint density at radius 1 is 1.17 bits per heavy atom. The monoisotopic (exact) mass is 404 g/mol. The molecule has 2 aromatic carbocycles. The number of hydrogen-bond donors (Lipinski definition) is 2. The molecule has 1 aliphatic rings. The number of nitriles is 1. The predicted octanol–water partition coefficient (Wildman–Crippen LogP) is 4.32. The van der Waals surface area contributed by atoms with Gasteiger partial charge in [-0.2, -0.15) is 5.26 Å². The van der Waals surface area contributed by atoms with E-state index in [0.717, 1.165) is 43.7 Å². The first kappa shape index (κ1) is 21.4. The standard InChI is InChI=1S/C24H28N4O2/c1-2-3-6-19-9-11-21(12-10-19)27-24(29)20(17-25)18-26-22-7-4-5-8-23(22)28-13-15-30-16-14-28/h4-5,7-12,18,26H,2-3,6,13-16H2,1H3,(H,27,29)/b20-18-. The Morgan fingerprint density at radius 3 is 2.60 bits per heavy atom. The average Bonchev–Trinajstić information content (AvgIpc) is 2.80. The van der Waals surface area contributed by atoms with Gasteiger partial charge in [-0.3, -0.25) is 4.79 Å². The summed E-state index contributed by atoms with van der Waals surface area (Å²) in [5.74, 6) is -0.435. The van der Waals surface area contributed by atoms with Crippen molar-refractivity contribution in [3.8, 4) is 6.07 Å². The highest BCUT2D eigenvalue weighted by molar-refractivity contribution is 6.06. The van der Waals surface area contributed by atoms with E-state index in [1.807, 2.05) is 54.6 Å². The lowest BCUT2D eigenvalue weighted by Gasteiger charge is -2.30. The van der Waals surface area contributed by atoms with Crippen molar-refractivity contribution < 1.29 is 9.53 Å². The summed E-state index contributed by atoms with van der Waals surface area (Å²) in [7, 11) is 0. The minimum Gasteiger partial charge on any atom is -0.378 e. The molecule has 1 heterocycles. The SMILES string of the molecule is CCCCc1ccc(NC(=O)/C(C#N)=C\Nc2ccccc2N2CCOCC2)cc1. The summed E-state index contributed by atoms with van der Waals surface area (Å²) in [6.45, 7) is 5.16. The fraction of sp³-hybridized carbons (Fsp3) is 0.333. The van der Waals surface area contributed by atoms with E-state index in [0.29, 0.717) is 18.9 Å². The molecule has 0 aromatic heterocycles. The third-order valence-corrected chi connectivity index (χ3v) is 5.02. The Hall–Kier alpha value is -3.30. The number of nitrogens with one attached hydrogen (secondary N) is 2. The van der Waals surface area contributed by atoms with Gasteiger partial charge in [0.2, 0.25) is 0 Å². The molecule has 1 aliphatic heterocycles. The predicted molar refractivity (Wildman–Crippen MR) is 120 cm³/mol. The topological polar surface area (TPSA) is 77.4 Å². The normalized spacial score (nSPS) is 14.1. The molecule has 6 heteroatoms. The van der Waals surface area contributed by atoms with Crippen LogP contribution in [0.2, 0.25) is 0 Å². The van der Waals surface area contributed by atoms with E-state index in [2.05, 4.69) is 22.5 Å². The summed E-state index contributed by atoms with van der Waals surface area (Å²) < 4.78 is 5.42. The number of ether oxygens (including phenoxy) is 1. The van der Waals surface area contributed by atoms with Gasteiger partial charge in [0.25, 0.3) is 5.91 Å². The van der Waals surface area contributed by atoms with Crippen LogP contribution in [0.5, 0.6) is 0 Å². The van der Waals surface area contributed by atoms with Crippen LogP contribution in [0.15, 0.2) is 60.3 Å². The summed E-state index contributed by atoms with van der Waals surface area (Å²) in [6, 6.07) is 17.6. The molecular formula is C24H28N4O2. The van der Waals surface area contributed by atoms with Crippen LogP contribution in [0.4, 0.5) is 17.1 Å². The largest absolute Gasteiger partial charge is 0.378 e. The van der Waals surface area contributed by atoms with Crippen LogP contribution in [-0.2, 0) is 16.0 Å². The molecule has 30 heavy (non-hydrogen) atoms. The van der Waals surface area contributed by atoms with E-state index in [-0.39, 0.29) is 5.57 Å². The number of aryl methyl sites for hydroxylation is 1. The molecule has 1 amide bonds. The molecule has 156 valence electrons. The highest BCUT2D eigenvalue weighted by Crippen LogP contribution is 2.26. The average molecular weight is 405 g/mol. The Balaban J connectivity index is 1.66. The van der Waals surface area contributed by atoms with Gasteiger partial charge in [-0.05, 0) is 42.7 Å². The molecule has 0 atom stereocenters. The molecule has 0 spiro atoms. The van der Waals surface area contributed by atoms with Gasteiger partial charge in [0.05, 0.1) is 24.6 Å². The molecule has 0 unspecified atom stereocenters. The molecule has 2 N–H and O–H groups in total. The van der Waals surface area contributed by atoms with Crippen LogP contribution in [0.1, 0.15) is 25.3 Å². The summed E-state index contributed by atoms with van der Waals surface area (Å²) in [4.78, 5) is 14.8. The van der Waals surface area contributed by atoms with Crippen LogP contribution >= 0.6 is 0 Å². The zero-order valence-electron chi connectivity index (χ0n) is 17.4. The lowest BCUT2D eigenvalue weighted by atomic mass is 10.1. The summed E-state index contributed by atoms with van der Waals surface area (Å²) >= 11 is 0. The maximum atomic E-state index is 12.5. The number of anilines is 3. The number of rotatable bonds is 8. The first-order valence-corrected chi connectivity index (χ1v) is 10.4. The fourth-order valence-electron chi connectivity index (χ4n) is 3.31. The lowest BCUT2D eigenvalue weighted by molar-refractivity contribution is -0.112. The van der Waals surface area contributed by atoms with Crippen molar-refractivity contribution in [3.05, 3.63) is 65.9 Å². The first-order valence-electron chi connectivity index (χ1n) is 10.4. The van der Waals surface area contributed by atoms with Gasteiger partial charge in [-0.25, -0.2) is 0 Å². The number of benzene rings is 2. The quantitative estimate of drug-likeness (QED) is 0.506. The van der Waals surface area contributed by atoms with Crippen molar-refractivity contribution in [1.82, 2.24) is 0 Å². The van der Waals surface area contributed by atoms with Crippen LogP contribution in [0, 0.1) is 11.3 Å². The Kier molecular flexibility index (Phi) is 7.87. The number of carbonyl (C=O) groups excluding carboxylic acids is 1. The summed E-state index contributed by atoms with van der Waals surface area (Å²) in [6.07, 6.45) is 4.78. The number of nitrogens with zero attached hydrogens (tertiary/aromatic N) is 2. The number of carbonyl (C=O) groups is 1. The minimum atomic E-state index is -0.435. The third kappa shape index (κ3) is 5.85. The smallest absolute Gasteiger partial charge is 0.267 e. The minimum absolute atomic E-state index is 0.0156. The number of morpholine rings is 1. The van der Waals surface area contributed by atoms with Crippen molar-refractivity contribution in [2.75, 3.05) is 41.8 Å². The maximum absolute atomic E-state index is 12.5. The van der Waals surface area contributed by atoms with Crippen LogP contribution in [0.3, 0.4) is 0 Å². The molecule has 1 fully saturated rings. The zero-order chi connectivity index (χ0) is 21.2. The van der Waals surface area contributed by atoms with E-state index in [4.69, 9.17) is 4.74 Å². The molecule has 3 rings (SSSR count). The maximum Gasteiger partial charge on any atom is 0.267 e. The Morgan fingerprint density at radius 2 is 1.90 bits per heavy atom. The highest BCUT2D eigenvalue weighted by Gasteiger charge is 2.15. The number of unbranched alkanes of at least 4 members (excludes halogenated alkanes) is 1. The van der Waals surface area contributed by atoms with Gasteiger partial charge in [-0.15, -0.1) is 0 Å². The number of hydrogen-bond acceptors (Lipinski definition) is 5. The van der Waals surface area contributed by atoms with Crippen molar-refractivity contribution >= 4 is 23.0 Å². The Bertz CT molecular complexity index is 910. The Labute approximate surface area is 178 Å². The van der Waals surface area contributed by atoms with Gasteiger partial charge in [0.1, 0.15) is 11.6 Å². The van der Waals surface area contributed by atoms with Crippen LogP contribution in [0.25, 0.3) is 0 Å². The summed E-state index contributed by atoms with van der Waals surface area (Å²) in [5.41, 5.74) is 3.81. The van der Waals surface area contributed by atoms with Crippen molar-refractivity contribution in [3.63, 3.8) is 0 Å². The fourth-order valence-corrected chi connectivity index (χ4v) is 3.31. The third-order valence-electron chi connectivity index (χ3n) is 5.02. The molecular weight excluding hydrogens is 376 g/mol. The number of para-hydroxylation sites is 2. The molecule has 6 nitrogen and oxygen atoms in total. The first-order chi connectivity index (χ1) is 14.7. The molecule has 0 saturated carbocycles.